The minimum absolute atomic E-state index is 0.128. The van der Waals surface area contributed by atoms with Gasteiger partial charge in [0.2, 0.25) is 5.91 Å². The summed E-state index contributed by atoms with van der Waals surface area (Å²) in [5.41, 5.74) is 3.08. The van der Waals surface area contributed by atoms with E-state index in [2.05, 4.69) is 26.4 Å². The maximum atomic E-state index is 12.4. The van der Waals surface area contributed by atoms with Crippen LogP contribution in [0.25, 0.3) is 26.6 Å². The van der Waals surface area contributed by atoms with Crippen molar-refractivity contribution in [1.29, 1.82) is 0 Å². The molecule has 1 aromatic carbocycles. The number of benzene rings is 1. The number of hydrogen-bond acceptors (Lipinski definition) is 8. The van der Waals surface area contributed by atoms with Crippen LogP contribution in [0.5, 0.6) is 0 Å². The summed E-state index contributed by atoms with van der Waals surface area (Å²) in [5.74, 6) is 2.27. The summed E-state index contributed by atoms with van der Waals surface area (Å²) in [7, 11) is 0. The van der Waals surface area contributed by atoms with Gasteiger partial charge in [-0.3, -0.25) is 14.5 Å². The van der Waals surface area contributed by atoms with Gasteiger partial charge in [0.25, 0.3) is 0 Å². The fourth-order valence-corrected chi connectivity index (χ4v) is 5.76. The van der Waals surface area contributed by atoms with Crippen LogP contribution >= 0.6 is 11.3 Å². The van der Waals surface area contributed by atoms with E-state index in [1.54, 1.807) is 6.07 Å². The number of aromatic nitrogens is 4. The molecule has 3 amide bonds. The van der Waals surface area contributed by atoms with Gasteiger partial charge in [-0.15, -0.1) is 0 Å². The highest BCUT2D eigenvalue weighted by Crippen LogP contribution is 2.38. The predicted octanol–water partition coefficient (Wildman–Crippen LogP) is 6.01. The average Bonchev–Trinajstić information content (AvgIpc) is 3.81. The zero-order valence-corrected chi connectivity index (χ0v) is 24.5. The number of urea groups is 1. The van der Waals surface area contributed by atoms with Gasteiger partial charge < -0.3 is 20.5 Å². The Labute approximate surface area is 246 Å². The molecule has 2 saturated carbocycles. The van der Waals surface area contributed by atoms with Crippen molar-refractivity contribution in [1.82, 2.24) is 24.8 Å². The van der Waals surface area contributed by atoms with Gasteiger partial charge in [0.1, 0.15) is 16.4 Å². The minimum Gasteiger partial charge on any atom is -0.368 e. The third-order valence-corrected chi connectivity index (χ3v) is 8.65. The molecule has 11 nitrogen and oxygen atoms in total. The second-order valence-electron chi connectivity index (χ2n) is 12.3. The molecule has 42 heavy (non-hydrogen) atoms. The van der Waals surface area contributed by atoms with Gasteiger partial charge in [-0.2, -0.15) is 0 Å². The first-order chi connectivity index (χ1) is 20.1. The van der Waals surface area contributed by atoms with Crippen LogP contribution in [0.1, 0.15) is 52.2 Å². The van der Waals surface area contributed by atoms with Crippen LogP contribution in [0.15, 0.2) is 53.2 Å². The van der Waals surface area contributed by atoms with E-state index in [-0.39, 0.29) is 22.8 Å². The zero-order chi connectivity index (χ0) is 29.1. The first-order valence-corrected chi connectivity index (χ1v) is 15.0. The Morgan fingerprint density at radius 1 is 1.05 bits per heavy atom. The molecule has 0 aliphatic heterocycles. The van der Waals surface area contributed by atoms with Gasteiger partial charge in [-0.05, 0) is 49.9 Å². The molecular weight excluding hydrogens is 552 g/mol. The fraction of sp³-hybridized carbons (Fsp3) is 0.367. The molecule has 4 heterocycles. The Hall–Kier alpha value is -4.45. The molecule has 0 spiro atoms. The van der Waals surface area contributed by atoms with Crippen LogP contribution in [0.2, 0.25) is 0 Å². The Morgan fingerprint density at radius 2 is 1.83 bits per heavy atom. The number of thiazole rings is 1. The van der Waals surface area contributed by atoms with Crippen molar-refractivity contribution in [3.05, 3.63) is 54.4 Å². The third-order valence-electron chi connectivity index (χ3n) is 7.69. The first kappa shape index (κ1) is 26.4. The Bertz CT molecular complexity index is 1810. The number of nitrogens with zero attached hydrogens (tertiary/aromatic N) is 4. The minimum atomic E-state index is -0.401. The Kier molecular flexibility index (Phi) is 6.19. The molecule has 0 radical (unpaired) electrons. The largest absolute Gasteiger partial charge is 0.368 e. The molecule has 0 bridgehead atoms. The number of amides is 3. The Morgan fingerprint density at radius 3 is 2.52 bits per heavy atom. The molecule has 4 aromatic heterocycles. The zero-order valence-electron chi connectivity index (χ0n) is 23.7. The van der Waals surface area contributed by atoms with Crippen molar-refractivity contribution in [2.75, 3.05) is 22.5 Å². The van der Waals surface area contributed by atoms with Crippen molar-refractivity contribution in [3.63, 3.8) is 0 Å². The second-order valence-corrected chi connectivity index (χ2v) is 13.2. The lowest BCUT2D eigenvalue weighted by Crippen LogP contribution is -2.42. The second kappa shape index (κ2) is 9.83. The topological polar surface area (TPSA) is 138 Å². The molecule has 2 aliphatic rings. The summed E-state index contributed by atoms with van der Waals surface area (Å²) in [6, 6.07) is 12.9. The fourth-order valence-electron chi connectivity index (χ4n) is 4.78. The van der Waals surface area contributed by atoms with E-state index in [9.17, 15) is 9.59 Å². The highest BCUT2D eigenvalue weighted by Gasteiger charge is 2.46. The number of anilines is 3. The van der Waals surface area contributed by atoms with E-state index in [1.807, 2.05) is 67.8 Å². The molecule has 216 valence electrons. The lowest BCUT2D eigenvalue weighted by Gasteiger charge is -2.18. The van der Waals surface area contributed by atoms with E-state index >= 15 is 0 Å². The number of imidazole rings is 1. The number of carbonyl (C=O) groups is 2. The predicted molar refractivity (Wildman–Crippen MR) is 163 cm³/mol. The van der Waals surface area contributed by atoms with Gasteiger partial charge in [0.05, 0.1) is 16.7 Å². The standard InChI is InChI=1S/C30H32N8O3S/c1-29(2,3)22-14-24(37-41-22)35-27(40)32-19-8-6-17(7-9-19)20-15-38-21-10-11-23(34-26(21)42-28(38)33-20)31-16-30(12-13-30)36-25(39)18-4-5-18/h6-11,14-15,18H,4-5,12-13,16H2,1-3H3,(H,31,34)(H,36,39)(H2,32,35,37,40). The molecule has 2 fully saturated rings. The molecule has 12 heteroatoms. The average molecular weight is 585 g/mol. The van der Waals surface area contributed by atoms with Crippen LogP contribution in [0.4, 0.5) is 22.1 Å². The van der Waals surface area contributed by atoms with E-state index in [0.29, 0.717) is 23.8 Å². The van der Waals surface area contributed by atoms with Crippen molar-refractivity contribution < 1.29 is 14.1 Å². The molecule has 0 unspecified atom stereocenters. The van der Waals surface area contributed by atoms with E-state index in [4.69, 9.17) is 14.5 Å². The smallest absolute Gasteiger partial charge is 0.324 e. The highest BCUT2D eigenvalue weighted by atomic mass is 32.1. The van der Waals surface area contributed by atoms with Gasteiger partial charge in [-0.25, -0.2) is 14.8 Å². The lowest BCUT2D eigenvalue weighted by atomic mass is 9.93. The number of pyridine rings is 1. The maximum Gasteiger partial charge on any atom is 0.324 e. The normalized spacial score (nSPS) is 16.0. The van der Waals surface area contributed by atoms with Crippen LogP contribution in [0.3, 0.4) is 0 Å². The van der Waals surface area contributed by atoms with Crippen LogP contribution in [-0.2, 0) is 10.2 Å². The first-order valence-electron chi connectivity index (χ1n) is 14.1. The Balaban J connectivity index is 0.990. The summed E-state index contributed by atoms with van der Waals surface area (Å²) >= 11 is 1.53. The summed E-state index contributed by atoms with van der Waals surface area (Å²) in [6.07, 6.45) is 6.04. The SMILES string of the molecule is CC(C)(C)c1cc(NC(=O)Nc2ccc(-c3cn4c(n3)sc3nc(NCC5(NC(=O)C6CC6)CC5)ccc34)cc2)no1. The van der Waals surface area contributed by atoms with E-state index < -0.39 is 6.03 Å². The summed E-state index contributed by atoms with van der Waals surface area (Å²) in [4.78, 5) is 36.0. The van der Waals surface area contributed by atoms with Crippen LogP contribution < -0.4 is 21.3 Å². The molecule has 0 atom stereocenters. The molecule has 0 saturated heterocycles. The van der Waals surface area contributed by atoms with E-state index in [1.165, 1.54) is 11.3 Å². The van der Waals surface area contributed by atoms with Gasteiger partial charge in [-0.1, -0.05) is 49.4 Å². The van der Waals surface area contributed by atoms with Crippen LogP contribution in [-0.4, -0.2) is 43.5 Å². The summed E-state index contributed by atoms with van der Waals surface area (Å²) in [5, 5.41) is 16.1. The van der Waals surface area contributed by atoms with Gasteiger partial charge >= 0.3 is 6.03 Å². The van der Waals surface area contributed by atoms with Crippen molar-refractivity contribution in [2.45, 2.75) is 57.4 Å². The van der Waals surface area contributed by atoms with Crippen molar-refractivity contribution >= 4 is 55.9 Å². The van der Waals surface area contributed by atoms with E-state index in [0.717, 1.165) is 58.1 Å². The quantitative estimate of drug-likeness (QED) is 0.175. The highest BCUT2D eigenvalue weighted by molar-refractivity contribution is 7.23. The lowest BCUT2D eigenvalue weighted by molar-refractivity contribution is -0.123. The van der Waals surface area contributed by atoms with Gasteiger partial charge in [0, 0.05) is 41.4 Å². The van der Waals surface area contributed by atoms with Crippen LogP contribution in [0, 0.1) is 5.92 Å². The van der Waals surface area contributed by atoms with Crippen molar-refractivity contribution in [3.8, 4) is 11.3 Å². The number of nitrogens with one attached hydrogen (secondary N) is 4. The number of fused-ring (bicyclic) bond motifs is 3. The van der Waals surface area contributed by atoms with Crippen molar-refractivity contribution in [2.24, 2.45) is 5.92 Å². The monoisotopic (exact) mass is 584 g/mol. The molecule has 2 aliphatic carbocycles. The van der Waals surface area contributed by atoms with Gasteiger partial charge in [0.15, 0.2) is 10.8 Å². The molecule has 7 rings (SSSR count). The molecule has 4 N–H and O–H groups in total. The number of hydrogen-bond donors (Lipinski definition) is 4. The molecule has 5 aromatic rings. The maximum absolute atomic E-state index is 12.4. The number of rotatable bonds is 8. The summed E-state index contributed by atoms with van der Waals surface area (Å²) < 4.78 is 7.37. The number of carbonyl (C=O) groups excluding carboxylic acids is 2. The third kappa shape index (κ3) is 5.41. The summed E-state index contributed by atoms with van der Waals surface area (Å²) in [6.45, 7) is 6.73. The molecular formula is C30H32N8O3S.